The van der Waals surface area contributed by atoms with Crippen LogP contribution in [0.4, 0.5) is 0 Å². The molecule has 0 aromatic heterocycles. The van der Waals surface area contributed by atoms with Gasteiger partial charge in [0.1, 0.15) is 10.1 Å². The summed E-state index contributed by atoms with van der Waals surface area (Å²) in [5.41, 5.74) is 7.47. The molecule has 1 aliphatic carbocycles. The summed E-state index contributed by atoms with van der Waals surface area (Å²) in [4.78, 5) is 1.76. The highest BCUT2D eigenvalue weighted by Crippen LogP contribution is 2.46. The molecule has 2 atom stereocenters. The normalized spacial score (nSPS) is 24.0. The van der Waals surface area contributed by atoms with Crippen molar-refractivity contribution in [3.05, 3.63) is 47.0 Å². The summed E-state index contributed by atoms with van der Waals surface area (Å²) >= 11 is 11.6. The molecule has 1 unspecified atom stereocenters. The minimum Gasteiger partial charge on any atom is -0.393 e. The van der Waals surface area contributed by atoms with E-state index in [2.05, 4.69) is 11.5 Å². The van der Waals surface area contributed by atoms with Crippen molar-refractivity contribution in [3.63, 3.8) is 0 Å². The SMILES string of the molecule is C=CC(c1cccc(Cl)c1C)S(=O)(=O)C1(N2CCC[C@H](C(N)=S)C2)CCCCC1. The molecule has 2 fully saturated rings. The molecular formula is C22H31ClN2O2S2. The van der Waals surface area contributed by atoms with Gasteiger partial charge in [0, 0.05) is 17.5 Å². The highest BCUT2D eigenvalue weighted by Gasteiger charge is 2.53. The fourth-order valence-corrected chi connectivity index (χ4v) is 8.13. The zero-order valence-electron chi connectivity index (χ0n) is 17.1. The van der Waals surface area contributed by atoms with Gasteiger partial charge >= 0.3 is 0 Å². The number of hydrogen-bond donors (Lipinski definition) is 1. The van der Waals surface area contributed by atoms with Gasteiger partial charge in [0.25, 0.3) is 0 Å². The molecule has 0 amide bonds. The molecule has 3 rings (SSSR count). The zero-order chi connectivity index (χ0) is 21.2. The number of likely N-dealkylation sites (tertiary alicyclic amines) is 1. The molecule has 0 spiro atoms. The van der Waals surface area contributed by atoms with Crippen LogP contribution in [0.3, 0.4) is 0 Å². The Balaban J connectivity index is 2.08. The highest BCUT2D eigenvalue weighted by atomic mass is 35.5. The van der Waals surface area contributed by atoms with Crippen molar-refractivity contribution in [2.24, 2.45) is 11.7 Å². The standard InChI is InChI=1S/C22H31ClN2O2S2/c1-3-20(18-10-7-11-19(23)16(18)2)29(26,27)22(12-5-4-6-13-22)25-14-8-9-17(15-25)21(24)28/h3,7,10-11,17,20H,1,4-6,8-9,12-15H2,2H3,(H2,24,28)/t17-,20?/m0/s1. The molecule has 0 bridgehead atoms. The summed E-state index contributed by atoms with van der Waals surface area (Å²) < 4.78 is 28.5. The van der Waals surface area contributed by atoms with E-state index in [4.69, 9.17) is 29.6 Å². The Kier molecular flexibility index (Phi) is 7.09. The minimum absolute atomic E-state index is 0.0721. The average Bonchev–Trinajstić information content (AvgIpc) is 2.72. The topological polar surface area (TPSA) is 63.4 Å². The van der Waals surface area contributed by atoms with E-state index in [1.807, 2.05) is 19.1 Å². The predicted molar refractivity (Wildman–Crippen MR) is 125 cm³/mol. The van der Waals surface area contributed by atoms with E-state index < -0.39 is 20.0 Å². The first-order valence-corrected chi connectivity index (χ1v) is 12.7. The van der Waals surface area contributed by atoms with Gasteiger partial charge in [0.05, 0.1) is 4.99 Å². The number of rotatable bonds is 6. The predicted octanol–water partition coefficient (Wildman–Crippen LogP) is 4.95. The number of nitrogens with zero attached hydrogens (tertiary/aromatic N) is 1. The Bertz CT molecular complexity index is 879. The molecule has 160 valence electrons. The monoisotopic (exact) mass is 454 g/mol. The lowest BCUT2D eigenvalue weighted by atomic mass is 9.89. The largest absolute Gasteiger partial charge is 0.393 e. The molecule has 2 aliphatic rings. The van der Waals surface area contributed by atoms with E-state index in [1.165, 1.54) is 0 Å². The Labute approximate surface area is 185 Å². The number of thiocarbonyl (C=S) groups is 1. The third-order valence-electron chi connectivity index (χ3n) is 6.73. The van der Waals surface area contributed by atoms with Crippen molar-refractivity contribution in [1.29, 1.82) is 0 Å². The number of benzene rings is 1. The lowest BCUT2D eigenvalue weighted by molar-refractivity contribution is 0.0835. The smallest absolute Gasteiger partial charge is 0.179 e. The number of piperidine rings is 1. The second-order valence-electron chi connectivity index (χ2n) is 8.35. The second kappa shape index (κ2) is 9.04. The van der Waals surface area contributed by atoms with Crippen LogP contribution in [-0.2, 0) is 9.84 Å². The average molecular weight is 455 g/mol. The lowest BCUT2D eigenvalue weighted by Gasteiger charge is -2.49. The summed E-state index contributed by atoms with van der Waals surface area (Å²) in [6.45, 7) is 7.16. The Morgan fingerprint density at radius 2 is 2.03 bits per heavy atom. The van der Waals surface area contributed by atoms with Crippen LogP contribution in [0.5, 0.6) is 0 Å². The highest BCUT2D eigenvalue weighted by molar-refractivity contribution is 7.93. The van der Waals surface area contributed by atoms with E-state index >= 15 is 0 Å². The Morgan fingerprint density at radius 1 is 1.34 bits per heavy atom. The third-order valence-corrected chi connectivity index (χ3v) is 10.3. The molecule has 1 aliphatic heterocycles. The second-order valence-corrected chi connectivity index (χ2v) is 11.6. The van der Waals surface area contributed by atoms with Crippen LogP contribution in [0.2, 0.25) is 5.02 Å². The first kappa shape index (κ1) is 22.7. The van der Waals surface area contributed by atoms with Gasteiger partial charge in [0.15, 0.2) is 9.84 Å². The molecule has 1 heterocycles. The van der Waals surface area contributed by atoms with E-state index in [-0.39, 0.29) is 5.92 Å². The van der Waals surface area contributed by atoms with E-state index in [0.717, 1.165) is 49.8 Å². The maximum absolute atomic E-state index is 14.3. The molecule has 1 aromatic rings. The third kappa shape index (κ3) is 4.14. The molecule has 7 heteroatoms. The van der Waals surface area contributed by atoms with Crippen molar-refractivity contribution < 1.29 is 8.42 Å². The van der Waals surface area contributed by atoms with Gasteiger partial charge in [0.2, 0.25) is 0 Å². The van der Waals surface area contributed by atoms with Crippen molar-refractivity contribution in [3.8, 4) is 0 Å². The van der Waals surface area contributed by atoms with Gasteiger partial charge < -0.3 is 5.73 Å². The van der Waals surface area contributed by atoms with Crippen molar-refractivity contribution >= 4 is 38.6 Å². The van der Waals surface area contributed by atoms with Crippen LogP contribution in [0.25, 0.3) is 0 Å². The van der Waals surface area contributed by atoms with E-state index in [0.29, 0.717) is 29.4 Å². The summed E-state index contributed by atoms with van der Waals surface area (Å²) in [5, 5.41) is -0.210. The number of nitrogens with two attached hydrogens (primary N) is 1. The molecule has 2 N–H and O–H groups in total. The molecule has 29 heavy (non-hydrogen) atoms. The van der Waals surface area contributed by atoms with Crippen molar-refractivity contribution in [2.45, 2.75) is 62.0 Å². The Morgan fingerprint density at radius 3 is 2.66 bits per heavy atom. The van der Waals surface area contributed by atoms with Gasteiger partial charge in [-0.05, 0) is 56.3 Å². The number of hydrogen-bond acceptors (Lipinski definition) is 4. The van der Waals surface area contributed by atoms with Gasteiger partial charge in [-0.2, -0.15) is 0 Å². The fraction of sp³-hybridized carbons (Fsp3) is 0.591. The first-order valence-electron chi connectivity index (χ1n) is 10.4. The van der Waals surface area contributed by atoms with Crippen LogP contribution in [-0.4, -0.2) is 36.3 Å². The van der Waals surface area contributed by atoms with Gasteiger partial charge in [-0.1, -0.05) is 61.3 Å². The fourth-order valence-electron chi connectivity index (χ4n) is 5.05. The van der Waals surface area contributed by atoms with Crippen LogP contribution >= 0.6 is 23.8 Å². The number of halogens is 1. The molecular weight excluding hydrogens is 424 g/mol. The molecule has 1 saturated heterocycles. The zero-order valence-corrected chi connectivity index (χ0v) is 19.5. The minimum atomic E-state index is -3.61. The summed E-state index contributed by atoms with van der Waals surface area (Å²) in [7, 11) is -3.61. The van der Waals surface area contributed by atoms with Crippen LogP contribution in [0.15, 0.2) is 30.9 Å². The van der Waals surface area contributed by atoms with Gasteiger partial charge in [-0.3, -0.25) is 4.90 Å². The van der Waals surface area contributed by atoms with Crippen LogP contribution < -0.4 is 5.73 Å². The maximum atomic E-state index is 14.3. The maximum Gasteiger partial charge on any atom is 0.179 e. The van der Waals surface area contributed by atoms with E-state index in [9.17, 15) is 8.42 Å². The van der Waals surface area contributed by atoms with Gasteiger partial charge in [-0.15, -0.1) is 6.58 Å². The molecule has 4 nitrogen and oxygen atoms in total. The Hall–Kier alpha value is -0.950. The number of sulfone groups is 1. The van der Waals surface area contributed by atoms with Gasteiger partial charge in [-0.25, -0.2) is 8.42 Å². The molecule has 0 radical (unpaired) electrons. The summed E-state index contributed by atoms with van der Waals surface area (Å²) in [6.07, 6.45) is 7.58. The summed E-state index contributed by atoms with van der Waals surface area (Å²) in [5.74, 6) is 0.0721. The van der Waals surface area contributed by atoms with Crippen LogP contribution in [0.1, 0.15) is 61.3 Å². The van der Waals surface area contributed by atoms with Crippen molar-refractivity contribution in [1.82, 2.24) is 4.90 Å². The molecule has 1 aromatic carbocycles. The quantitative estimate of drug-likeness (QED) is 0.486. The lowest BCUT2D eigenvalue weighted by Crippen LogP contribution is -2.60. The summed E-state index contributed by atoms with van der Waals surface area (Å²) in [6, 6.07) is 5.46. The van der Waals surface area contributed by atoms with E-state index in [1.54, 1.807) is 12.1 Å². The molecule has 1 saturated carbocycles. The van der Waals surface area contributed by atoms with Crippen molar-refractivity contribution in [2.75, 3.05) is 13.1 Å². The first-order chi connectivity index (χ1) is 13.7. The van der Waals surface area contributed by atoms with Crippen LogP contribution in [0, 0.1) is 12.8 Å².